The highest BCUT2D eigenvalue weighted by molar-refractivity contribution is 6.03. The van der Waals surface area contributed by atoms with Gasteiger partial charge in [0.25, 0.3) is 0 Å². The Labute approximate surface area is 137 Å². The Morgan fingerprint density at radius 1 is 1.13 bits per heavy atom. The van der Waals surface area contributed by atoms with Crippen molar-refractivity contribution in [3.63, 3.8) is 0 Å². The van der Waals surface area contributed by atoms with Crippen LogP contribution in [0.4, 0.5) is 13.2 Å². The second-order valence-corrected chi connectivity index (χ2v) is 6.23. The van der Waals surface area contributed by atoms with E-state index in [1.165, 1.54) is 4.90 Å². The molecule has 136 valence electrons. The first-order valence-electron chi connectivity index (χ1n) is 8.55. The number of carbonyl (C=O) groups excluding carboxylic acids is 2. The lowest BCUT2D eigenvalue weighted by Gasteiger charge is -2.23. The van der Waals surface area contributed by atoms with Crippen molar-refractivity contribution in [3.8, 4) is 0 Å². The third-order valence-electron chi connectivity index (χ3n) is 4.09. The molecule has 0 aromatic carbocycles. The van der Waals surface area contributed by atoms with E-state index in [2.05, 4.69) is 0 Å². The molecule has 1 heterocycles. The van der Waals surface area contributed by atoms with Gasteiger partial charge in [0, 0.05) is 18.9 Å². The number of carbonyl (C=O) groups is 2. The van der Waals surface area contributed by atoms with Crippen LogP contribution in [0.15, 0.2) is 0 Å². The molecule has 0 radical (unpaired) electrons. The molecule has 0 spiro atoms. The van der Waals surface area contributed by atoms with Crippen LogP contribution in [-0.4, -0.2) is 29.4 Å². The quantitative estimate of drug-likeness (QED) is 0.494. The van der Waals surface area contributed by atoms with E-state index in [9.17, 15) is 22.8 Å². The number of alkyl halides is 3. The molecule has 0 bridgehead atoms. The van der Waals surface area contributed by atoms with Crippen LogP contribution in [0.2, 0.25) is 0 Å². The Morgan fingerprint density at radius 3 is 2.09 bits per heavy atom. The van der Waals surface area contributed by atoms with Crippen molar-refractivity contribution in [1.29, 1.82) is 0 Å². The first kappa shape index (κ1) is 21.9. The summed E-state index contributed by atoms with van der Waals surface area (Å²) in [7, 11) is 0. The van der Waals surface area contributed by atoms with Crippen LogP contribution in [-0.2, 0) is 9.59 Å². The van der Waals surface area contributed by atoms with Gasteiger partial charge in [0.2, 0.25) is 11.8 Å². The summed E-state index contributed by atoms with van der Waals surface area (Å²) in [6.07, 6.45) is -2.14. The molecule has 0 saturated carbocycles. The van der Waals surface area contributed by atoms with E-state index in [1.807, 2.05) is 13.8 Å². The molecular formula is C17H30F3NO2. The number of hydrogen-bond donors (Lipinski definition) is 0. The fraction of sp³-hybridized carbons (Fsp3) is 0.882. The molecule has 1 aliphatic rings. The summed E-state index contributed by atoms with van der Waals surface area (Å²) in [5.74, 6) is -2.27. The van der Waals surface area contributed by atoms with Crippen molar-refractivity contribution >= 4 is 11.8 Å². The van der Waals surface area contributed by atoms with Gasteiger partial charge in [0.05, 0.1) is 5.92 Å². The van der Waals surface area contributed by atoms with Crippen molar-refractivity contribution in [2.24, 2.45) is 17.8 Å². The molecule has 0 aliphatic carbocycles. The summed E-state index contributed by atoms with van der Waals surface area (Å²) in [5.41, 5.74) is 0. The number of likely N-dealkylation sites (tertiary alicyclic amines) is 1. The lowest BCUT2D eigenvalue weighted by atomic mass is 9.90. The number of hydrogen-bond acceptors (Lipinski definition) is 2. The summed E-state index contributed by atoms with van der Waals surface area (Å²) < 4.78 is 38.3. The smallest absolute Gasteiger partial charge is 0.282 e. The Morgan fingerprint density at radius 2 is 1.70 bits per heavy atom. The minimum absolute atomic E-state index is 0.111. The highest BCUT2D eigenvalue weighted by atomic mass is 19.4. The van der Waals surface area contributed by atoms with Gasteiger partial charge >= 0.3 is 6.18 Å². The molecule has 2 atom stereocenters. The lowest BCUT2D eigenvalue weighted by Crippen LogP contribution is -2.31. The summed E-state index contributed by atoms with van der Waals surface area (Å²) in [6.45, 7) is 9.22. The maximum Gasteiger partial charge on any atom is 0.392 e. The van der Waals surface area contributed by atoms with Crippen molar-refractivity contribution in [1.82, 2.24) is 4.90 Å². The summed E-state index contributed by atoms with van der Waals surface area (Å²) in [5, 5.41) is 0. The second kappa shape index (κ2) is 9.93. The van der Waals surface area contributed by atoms with Crippen LogP contribution >= 0.6 is 0 Å². The number of amides is 2. The fourth-order valence-electron chi connectivity index (χ4n) is 2.77. The highest BCUT2D eigenvalue weighted by Gasteiger charge is 2.40. The van der Waals surface area contributed by atoms with E-state index in [0.29, 0.717) is 25.8 Å². The average Bonchev–Trinajstić information content (AvgIpc) is 2.68. The van der Waals surface area contributed by atoms with Crippen LogP contribution in [0.5, 0.6) is 0 Å². The van der Waals surface area contributed by atoms with Crippen LogP contribution in [0.25, 0.3) is 0 Å². The molecular weight excluding hydrogens is 307 g/mol. The van der Waals surface area contributed by atoms with Crippen LogP contribution in [0.1, 0.15) is 66.7 Å². The lowest BCUT2D eigenvalue weighted by molar-refractivity contribution is -0.187. The van der Waals surface area contributed by atoms with Gasteiger partial charge in [-0.2, -0.15) is 13.2 Å². The van der Waals surface area contributed by atoms with Crippen molar-refractivity contribution in [2.45, 2.75) is 72.9 Å². The Hall–Kier alpha value is -1.07. The van der Waals surface area contributed by atoms with Crippen LogP contribution in [0, 0.1) is 17.8 Å². The molecule has 1 aliphatic heterocycles. The number of nitrogens with zero attached hydrogens (tertiary/aromatic N) is 1. The summed E-state index contributed by atoms with van der Waals surface area (Å²) in [6, 6.07) is 0. The zero-order valence-electron chi connectivity index (χ0n) is 14.9. The molecule has 1 rings (SSSR count). The van der Waals surface area contributed by atoms with Crippen LogP contribution in [0.3, 0.4) is 0 Å². The van der Waals surface area contributed by atoms with Gasteiger partial charge in [-0.15, -0.1) is 0 Å². The van der Waals surface area contributed by atoms with Crippen molar-refractivity contribution < 1.29 is 22.8 Å². The van der Waals surface area contributed by atoms with Gasteiger partial charge < -0.3 is 0 Å². The minimum Gasteiger partial charge on any atom is -0.282 e. The first-order valence-corrected chi connectivity index (χ1v) is 8.55. The topological polar surface area (TPSA) is 37.4 Å². The third-order valence-corrected chi connectivity index (χ3v) is 4.09. The van der Waals surface area contributed by atoms with E-state index in [0.717, 1.165) is 0 Å². The van der Waals surface area contributed by atoms with Gasteiger partial charge in [-0.25, -0.2) is 0 Å². The standard InChI is InChI=1S/C15H24F3NO2.C2H6/c1-10(2)12(15(16,17)18)7-5-4-6-8-19-13(20)9-11(3)14(19)21;1-2/h10-12H,4-9H2,1-3H3;1-2H3. The molecule has 2 unspecified atom stereocenters. The largest absolute Gasteiger partial charge is 0.392 e. The molecule has 0 N–H and O–H groups in total. The molecule has 1 fully saturated rings. The average molecular weight is 337 g/mol. The highest BCUT2D eigenvalue weighted by Crippen LogP contribution is 2.35. The molecule has 6 heteroatoms. The minimum atomic E-state index is -4.15. The van der Waals surface area contributed by atoms with Crippen LogP contribution < -0.4 is 0 Å². The normalized spacial score (nSPS) is 19.9. The van der Waals surface area contributed by atoms with Gasteiger partial charge in [0.15, 0.2) is 0 Å². The van der Waals surface area contributed by atoms with Gasteiger partial charge in [-0.1, -0.05) is 47.5 Å². The predicted molar refractivity (Wildman–Crippen MR) is 84.7 cm³/mol. The number of halogens is 3. The van der Waals surface area contributed by atoms with E-state index >= 15 is 0 Å². The summed E-state index contributed by atoms with van der Waals surface area (Å²) >= 11 is 0. The Bertz CT molecular complexity index is 381. The maximum absolute atomic E-state index is 12.8. The molecule has 0 aromatic rings. The molecule has 2 amide bonds. The number of unbranched alkanes of at least 4 members (excludes halogenated alkanes) is 2. The van der Waals surface area contributed by atoms with Gasteiger partial charge in [0.1, 0.15) is 0 Å². The molecule has 0 aromatic heterocycles. The maximum atomic E-state index is 12.8. The molecule has 1 saturated heterocycles. The molecule has 3 nitrogen and oxygen atoms in total. The SMILES string of the molecule is CC.CC1CC(=O)N(CCCCCC(C(C)C)C(F)(F)F)C1=O. The fourth-order valence-corrected chi connectivity index (χ4v) is 2.77. The molecule has 23 heavy (non-hydrogen) atoms. The predicted octanol–water partition coefficient (Wildman–Crippen LogP) is 4.80. The zero-order valence-corrected chi connectivity index (χ0v) is 14.9. The monoisotopic (exact) mass is 337 g/mol. The Kier molecular flexibility index (Phi) is 9.47. The second-order valence-electron chi connectivity index (χ2n) is 6.23. The van der Waals surface area contributed by atoms with Gasteiger partial charge in [-0.3, -0.25) is 14.5 Å². The summed E-state index contributed by atoms with van der Waals surface area (Å²) in [4.78, 5) is 24.5. The Balaban J connectivity index is 0.00000232. The van der Waals surface area contributed by atoms with Crippen molar-refractivity contribution in [2.75, 3.05) is 6.54 Å². The zero-order chi connectivity index (χ0) is 18.2. The van der Waals surface area contributed by atoms with E-state index < -0.39 is 18.0 Å². The van der Waals surface area contributed by atoms with E-state index in [4.69, 9.17) is 0 Å². The van der Waals surface area contributed by atoms with Gasteiger partial charge in [-0.05, 0) is 18.8 Å². The number of rotatable bonds is 7. The van der Waals surface area contributed by atoms with E-state index in [-0.39, 0.29) is 30.6 Å². The first-order chi connectivity index (χ1) is 10.6. The number of imide groups is 1. The van der Waals surface area contributed by atoms with E-state index in [1.54, 1.807) is 20.8 Å². The third kappa shape index (κ3) is 6.92. The van der Waals surface area contributed by atoms with Crippen molar-refractivity contribution in [3.05, 3.63) is 0 Å².